The summed E-state index contributed by atoms with van der Waals surface area (Å²) >= 11 is 3.50. The molecular formula is C19H24N4OS2. The van der Waals surface area contributed by atoms with Crippen LogP contribution in [0.5, 0.6) is 0 Å². The Morgan fingerprint density at radius 3 is 2.65 bits per heavy atom. The maximum Gasteiger partial charge on any atom is 0.191 e. The van der Waals surface area contributed by atoms with E-state index in [4.69, 9.17) is 9.41 Å². The summed E-state index contributed by atoms with van der Waals surface area (Å²) in [7, 11) is 0. The molecule has 0 bridgehead atoms. The van der Waals surface area contributed by atoms with Gasteiger partial charge in [-0.25, -0.2) is 9.98 Å². The molecule has 0 atom stereocenters. The van der Waals surface area contributed by atoms with Crippen LogP contribution in [0.1, 0.15) is 26.2 Å². The third kappa shape index (κ3) is 5.71. The van der Waals surface area contributed by atoms with E-state index >= 15 is 0 Å². The molecule has 2 N–H and O–H groups in total. The lowest BCUT2D eigenvalue weighted by Gasteiger charge is -2.11. The Morgan fingerprint density at radius 2 is 2.00 bits per heavy atom. The Balaban J connectivity index is 1.54. The summed E-state index contributed by atoms with van der Waals surface area (Å²) in [6.45, 7) is 6.36. The van der Waals surface area contributed by atoms with Gasteiger partial charge in [0.25, 0.3) is 0 Å². The summed E-state index contributed by atoms with van der Waals surface area (Å²) in [4.78, 5) is 11.9. The Labute approximate surface area is 162 Å². The van der Waals surface area contributed by atoms with Crippen LogP contribution in [0.2, 0.25) is 0 Å². The number of rotatable bonds is 8. The van der Waals surface area contributed by atoms with Gasteiger partial charge in [0.1, 0.15) is 10.8 Å². The van der Waals surface area contributed by atoms with Crippen molar-refractivity contribution in [1.82, 2.24) is 15.6 Å². The van der Waals surface area contributed by atoms with Gasteiger partial charge in [-0.1, -0.05) is 6.07 Å². The number of aliphatic imine (C=N–C) groups is 1. The number of aromatic nitrogens is 1. The highest BCUT2D eigenvalue weighted by Crippen LogP contribution is 2.17. The molecule has 3 heterocycles. The number of nitrogens with zero attached hydrogens (tertiary/aromatic N) is 2. The maximum atomic E-state index is 5.38. The zero-order valence-electron chi connectivity index (χ0n) is 15.1. The van der Waals surface area contributed by atoms with E-state index in [-0.39, 0.29) is 0 Å². The van der Waals surface area contributed by atoms with E-state index in [1.807, 2.05) is 19.1 Å². The summed E-state index contributed by atoms with van der Waals surface area (Å²) in [6.07, 6.45) is 3.52. The second kappa shape index (κ2) is 9.54. The van der Waals surface area contributed by atoms with Crippen LogP contribution in [0.4, 0.5) is 0 Å². The van der Waals surface area contributed by atoms with Gasteiger partial charge < -0.3 is 15.1 Å². The van der Waals surface area contributed by atoms with Crippen molar-refractivity contribution in [3.63, 3.8) is 0 Å². The second-order valence-corrected chi connectivity index (χ2v) is 8.25. The van der Waals surface area contributed by atoms with Crippen LogP contribution in [0, 0.1) is 13.8 Å². The second-order valence-electron chi connectivity index (χ2n) is 5.93. The fourth-order valence-electron chi connectivity index (χ4n) is 2.45. The predicted molar refractivity (Wildman–Crippen MR) is 109 cm³/mol. The lowest BCUT2D eigenvalue weighted by molar-refractivity contribution is 0.506. The number of nitrogens with one attached hydrogen (secondary N) is 2. The third-order valence-corrected chi connectivity index (χ3v) is 5.93. The van der Waals surface area contributed by atoms with Crippen molar-refractivity contribution >= 4 is 28.6 Å². The van der Waals surface area contributed by atoms with E-state index in [2.05, 4.69) is 40.1 Å². The van der Waals surface area contributed by atoms with Gasteiger partial charge in [0.05, 0.1) is 18.5 Å². The Hall–Kier alpha value is -2.12. The van der Waals surface area contributed by atoms with Crippen LogP contribution < -0.4 is 10.6 Å². The first-order valence-corrected chi connectivity index (χ1v) is 10.4. The van der Waals surface area contributed by atoms with Crippen molar-refractivity contribution in [2.45, 2.75) is 33.2 Å². The number of guanidine groups is 1. The van der Waals surface area contributed by atoms with Crippen LogP contribution >= 0.6 is 22.7 Å². The average molecular weight is 389 g/mol. The topological polar surface area (TPSA) is 62.5 Å². The molecule has 0 saturated heterocycles. The fraction of sp³-hybridized carbons (Fsp3) is 0.368. The molecular weight excluding hydrogens is 364 g/mol. The van der Waals surface area contributed by atoms with E-state index in [0.717, 1.165) is 48.4 Å². The molecule has 0 aliphatic rings. The van der Waals surface area contributed by atoms with E-state index in [9.17, 15) is 0 Å². The highest BCUT2D eigenvalue weighted by atomic mass is 32.1. The maximum absolute atomic E-state index is 5.38. The SMILES string of the molecule is Cc1nc(CN=C(NCCc2ccco2)NCCc2cccs2)sc1C. The van der Waals surface area contributed by atoms with Crippen molar-refractivity contribution < 1.29 is 4.42 Å². The molecule has 3 aromatic heterocycles. The summed E-state index contributed by atoms with van der Waals surface area (Å²) in [5, 5.41) is 9.97. The number of thiazole rings is 1. The van der Waals surface area contributed by atoms with E-state index in [1.165, 1.54) is 9.75 Å². The molecule has 3 aromatic rings. The number of aryl methyl sites for hydroxylation is 2. The third-order valence-electron chi connectivity index (χ3n) is 3.93. The van der Waals surface area contributed by atoms with Crippen LogP contribution in [0.25, 0.3) is 0 Å². The highest BCUT2D eigenvalue weighted by Gasteiger charge is 2.05. The summed E-state index contributed by atoms with van der Waals surface area (Å²) in [5.41, 5.74) is 1.10. The van der Waals surface area contributed by atoms with Gasteiger partial charge in [0, 0.05) is 29.3 Å². The van der Waals surface area contributed by atoms with Gasteiger partial charge in [-0.3, -0.25) is 0 Å². The highest BCUT2D eigenvalue weighted by molar-refractivity contribution is 7.11. The average Bonchev–Trinajstić information content (AvgIpc) is 3.36. The van der Waals surface area contributed by atoms with Gasteiger partial charge in [-0.15, -0.1) is 22.7 Å². The van der Waals surface area contributed by atoms with Gasteiger partial charge in [-0.05, 0) is 43.8 Å². The molecule has 0 spiro atoms. The summed E-state index contributed by atoms with van der Waals surface area (Å²) in [5.74, 6) is 1.79. The molecule has 0 aliphatic heterocycles. The smallest absolute Gasteiger partial charge is 0.191 e. The summed E-state index contributed by atoms with van der Waals surface area (Å²) < 4.78 is 5.38. The molecule has 0 amide bonds. The van der Waals surface area contributed by atoms with Crippen molar-refractivity contribution in [3.8, 4) is 0 Å². The molecule has 0 unspecified atom stereocenters. The molecule has 5 nitrogen and oxygen atoms in total. The normalized spacial score (nSPS) is 11.7. The van der Waals surface area contributed by atoms with Gasteiger partial charge in [0.15, 0.2) is 5.96 Å². The van der Waals surface area contributed by atoms with Crippen molar-refractivity contribution in [2.24, 2.45) is 4.99 Å². The van der Waals surface area contributed by atoms with Gasteiger partial charge in [-0.2, -0.15) is 0 Å². The minimum atomic E-state index is 0.592. The molecule has 0 fully saturated rings. The zero-order valence-corrected chi connectivity index (χ0v) is 16.8. The van der Waals surface area contributed by atoms with E-state index in [1.54, 1.807) is 28.9 Å². The molecule has 0 radical (unpaired) electrons. The van der Waals surface area contributed by atoms with E-state index < -0.39 is 0 Å². The lowest BCUT2D eigenvalue weighted by Crippen LogP contribution is -2.39. The largest absolute Gasteiger partial charge is 0.469 e. The zero-order chi connectivity index (χ0) is 18.2. The van der Waals surface area contributed by atoms with Crippen LogP contribution in [0.15, 0.2) is 45.3 Å². The quantitative estimate of drug-likeness (QED) is 0.453. The number of hydrogen-bond acceptors (Lipinski definition) is 5. The minimum Gasteiger partial charge on any atom is -0.469 e. The van der Waals surface area contributed by atoms with Crippen LogP contribution in [-0.2, 0) is 19.4 Å². The van der Waals surface area contributed by atoms with E-state index in [0.29, 0.717) is 6.54 Å². The molecule has 7 heteroatoms. The molecule has 138 valence electrons. The van der Waals surface area contributed by atoms with Crippen molar-refractivity contribution in [3.05, 3.63) is 62.1 Å². The number of thiophene rings is 1. The standard InChI is InChI=1S/C19H24N4OS2/c1-14-15(2)26-18(23-14)13-22-19(20-9-7-16-5-3-11-24-16)21-10-8-17-6-4-12-25-17/h3-6,11-12H,7-10,13H2,1-2H3,(H2,20,21,22). The number of hydrogen-bond donors (Lipinski definition) is 2. The number of furan rings is 1. The Bertz CT molecular complexity index is 745. The van der Waals surface area contributed by atoms with Crippen LogP contribution in [0.3, 0.4) is 0 Å². The van der Waals surface area contributed by atoms with Crippen molar-refractivity contribution in [1.29, 1.82) is 0 Å². The first-order chi connectivity index (χ1) is 12.7. The molecule has 26 heavy (non-hydrogen) atoms. The summed E-state index contributed by atoms with van der Waals surface area (Å²) in [6, 6.07) is 8.15. The van der Waals surface area contributed by atoms with Gasteiger partial charge >= 0.3 is 0 Å². The first kappa shape index (κ1) is 18.7. The molecule has 0 saturated carbocycles. The lowest BCUT2D eigenvalue weighted by atomic mass is 10.3. The Kier molecular flexibility index (Phi) is 6.85. The Morgan fingerprint density at radius 1 is 1.15 bits per heavy atom. The first-order valence-electron chi connectivity index (χ1n) is 8.70. The van der Waals surface area contributed by atoms with Gasteiger partial charge in [0.2, 0.25) is 0 Å². The predicted octanol–water partition coefficient (Wildman–Crippen LogP) is 3.94. The fourth-order valence-corrected chi connectivity index (χ4v) is 4.01. The molecule has 3 rings (SSSR count). The monoisotopic (exact) mass is 388 g/mol. The van der Waals surface area contributed by atoms with Crippen molar-refractivity contribution in [2.75, 3.05) is 13.1 Å². The molecule has 0 aromatic carbocycles. The van der Waals surface area contributed by atoms with Crippen LogP contribution in [-0.4, -0.2) is 24.0 Å². The minimum absolute atomic E-state index is 0.592. The molecule has 0 aliphatic carbocycles.